The number of likely N-dealkylation sites (tertiary alicyclic amines) is 1. The maximum absolute atomic E-state index is 12.6. The van der Waals surface area contributed by atoms with Crippen molar-refractivity contribution in [1.29, 1.82) is 0 Å². The number of piperidine rings is 1. The van der Waals surface area contributed by atoms with Gasteiger partial charge >= 0.3 is 6.03 Å². The molecule has 0 aromatic heterocycles. The number of nitrogens with zero attached hydrogens (tertiary/aromatic N) is 1. The average Bonchev–Trinajstić information content (AvgIpc) is 2.67. The van der Waals surface area contributed by atoms with Gasteiger partial charge in [-0.15, -0.1) is 0 Å². The largest absolute Gasteiger partial charge is 0.497 e. The number of nitrogens with one attached hydrogen (secondary N) is 1. The Labute approximate surface area is 157 Å². The molecule has 1 heterocycles. The van der Waals surface area contributed by atoms with Crippen LogP contribution in [0.5, 0.6) is 5.75 Å². The summed E-state index contributed by atoms with van der Waals surface area (Å²) >= 11 is 5.94. The van der Waals surface area contributed by atoms with Gasteiger partial charge in [0, 0.05) is 35.3 Å². The van der Waals surface area contributed by atoms with Crippen LogP contribution in [0.15, 0.2) is 48.5 Å². The first-order valence-corrected chi connectivity index (χ1v) is 8.94. The van der Waals surface area contributed by atoms with Crippen molar-refractivity contribution in [1.82, 2.24) is 4.90 Å². The van der Waals surface area contributed by atoms with Gasteiger partial charge in [-0.25, -0.2) is 4.79 Å². The average molecular weight is 373 g/mol. The van der Waals surface area contributed by atoms with Crippen LogP contribution in [0, 0.1) is 5.92 Å². The summed E-state index contributed by atoms with van der Waals surface area (Å²) in [7, 11) is 1.60. The lowest BCUT2D eigenvalue weighted by Gasteiger charge is -2.31. The highest BCUT2D eigenvalue weighted by atomic mass is 35.5. The van der Waals surface area contributed by atoms with Gasteiger partial charge < -0.3 is 15.0 Å². The third-order valence-corrected chi connectivity index (χ3v) is 4.84. The van der Waals surface area contributed by atoms with E-state index >= 15 is 0 Å². The maximum Gasteiger partial charge on any atom is 0.321 e. The minimum atomic E-state index is -0.164. The van der Waals surface area contributed by atoms with Crippen LogP contribution >= 0.6 is 11.6 Å². The third kappa shape index (κ3) is 4.35. The third-order valence-electron chi connectivity index (χ3n) is 4.60. The van der Waals surface area contributed by atoms with Crippen LogP contribution in [0.1, 0.15) is 23.2 Å². The zero-order chi connectivity index (χ0) is 18.5. The van der Waals surface area contributed by atoms with Crippen LogP contribution < -0.4 is 10.1 Å². The number of carbonyl (C=O) groups excluding carboxylic acids is 2. The van der Waals surface area contributed by atoms with E-state index < -0.39 is 0 Å². The van der Waals surface area contributed by atoms with E-state index in [4.69, 9.17) is 16.3 Å². The summed E-state index contributed by atoms with van der Waals surface area (Å²) < 4.78 is 5.12. The molecule has 3 rings (SSSR count). The van der Waals surface area contributed by atoms with E-state index in [0.29, 0.717) is 42.2 Å². The molecule has 1 fully saturated rings. The molecule has 0 atom stereocenters. The molecule has 136 valence electrons. The van der Waals surface area contributed by atoms with E-state index in [2.05, 4.69) is 5.32 Å². The summed E-state index contributed by atoms with van der Waals surface area (Å²) in [5.41, 5.74) is 1.35. The molecule has 1 saturated heterocycles. The highest BCUT2D eigenvalue weighted by Gasteiger charge is 2.28. The lowest BCUT2D eigenvalue weighted by molar-refractivity contribution is 0.0859. The number of amides is 2. The van der Waals surface area contributed by atoms with Crippen LogP contribution in [0.4, 0.5) is 10.5 Å². The molecule has 5 nitrogen and oxygen atoms in total. The summed E-state index contributed by atoms with van der Waals surface area (Å²) in [4.78, 5) is 26.7. The van der Waals surface area contributed by atoms with Crippen molar-refractivity contribution < 1.29 is 14.3 Å². The van der Waals surface area contributed by atoms with Crippen molar-refractivity contribution in [2.24, 2.45) is 5.92 Å². The van der Waals surface area contributed by atoms with E-state index in [0.717, 1.165) is 5.75 Å². The number of ketones is 1. The molecule has 1 N–H and O–H groups in total. The molecule has 2 aromatic carbocycles. The lowest BCUT2D eigenvalue weighted by Crippen LogP contribution is -2.42. The molecule has 26 heavy (non-hydrogen) atoms. The van der Waals surface area contributed by atoms with Crippen molar-refractivity contribution in [2.45, 2.75) is 12.8 Å². The normalized spacial score (nSPS) is 14.8. The van der Waals surface area contributed by atoms with Gasteiger partial charge in [-0.3, -0.25) is 4.79 Å². The Morgan fingerprint density at radius 1 is 1.12 bits per heavy atom. The second-order valence-corrected chi connectivity index (χ2v) is 6.73. The highest BCUT2D eigenvalue weighted by Crippen LogP contribution is 2.24. The van der Waals surface area contributed by atoms with Gasteiger partial charge in [0.2, 0.25) is 0 Å². The Hall–Kier alpha value is -2.53. The van der Waals surface area contributed by atoms with Crippen LogP contribution in [0.2, 0.25) is 5.02 Å². The number of methoxy groups -OCH3 is 1. The molecule has 0 bridgehead atoms. The SMILES string of the molecule is COc1ccc(C(=O)C2CCN(C(=O)Nc3cccc(Cl)c3)CC2)cc1. The predicted octanol–water partition coefficient (Wildman–Crippen LogP) is 4.48. The monoisotopic (exact) mass is 372 g/mol. The van der Waals surface area contributed by atoms with Crippen molar-refractivity contribution in [3.63, 3.8) is 0 Å². The Kier molecular flexibility index (Phi) is 5.78. The lowest BCUT2D eigenvalue weighted by atomic mass is 9.89. The molecular formula is C20H21ClN2O3. The maximum atomic E-state index is 12.6. The molecule has 0 saturated carbocycles. The molecule has 1 aliphatic rings. The topological polar surface area (TPSA) is 58.6 Å². The van der Waals surface area contributed by atoms with E-state index in [1.165, 1.54) is 0 Å². The standard InChI is InChI=1S/C20H21ClN2O3/c1-26-18-7-5-14(6-8-18)19(24)15-9-11-23(12-10-15)20(25)22-17-4-2-3-16(21)13-17/h2-8,13,15H,9-12H2,1H3,(H,22,25). The summed E-state index contributed by atoms with van der Waals surface area (Å²) in [6.07, 6.45) is 1.32. The fourth-order valence-corrected chi connectivity index (χ4v) is 3.29. The van der Waals surface area contributed by atoms with Crippen molar-refractivity contribution in [3.05, 3.63) is 59.1 Å². The second-order valence-electron chi connectivity index (χ2n) is 6.29. The first-order valence-electron chi connectivity index (χ1n) is 8.56. The van der Waals surface area contributed by atoms with Crippen LogP contribution in [0.3, 0.4) is 0 Å². The number of anilines is 1. The zero-order valence-electron chi connectivity index (χ0n) is 14.6. The van der Waals surface area contributed by atoms with Crippen molar-refractivity contribution in [2.75, 3.05) is 25.5 Å². The Morgan fingerprint density at radius 2 is 1.81 bits per heavy atom. The number of rotatable bonds is 4. The number of hydrogen-bond donors (Lipinski definition) is 1. The molecular weight excluding hydrogens is 352 g/mol. The summed E-state index contributed by atoms with van der Waals surface area (Å²) in [5, 5.41) is 3.42. The van der Waals surface area contributed by atoms with Gasteiger partial charge in [0.25, 0.3) is 0 Å². The minimum absolute atomic E-state index is 0.0568. The van der Waals surface area contributed by atoms with Gasteiger partial charge in [-0.05, 0) is 55.3 Å². The van der Waals surface area contributed by atoms with Gasteiger partial charge in [0.05, 0.1) is 7.11 Å². The number of Topliss-reactive ketones (excluding diaryl/α,β-unsaturated/α-hetero) is 1. The first-order chi connectivity index (χ1) is 12.6. The fourth-order valence-electron chi connectivity index (χ4n) is 3.10. The van der Waals surface area contributed by atoms with Crippen LogP contribution in [-0.2, 0) is 0 Å². The van der Waals surface area contributed by atoms with Gasteiger partial charge in [-0.2, -0.15) is 0 Å². The van der Waals surface area contributed by atoms with Crippen LogP contribution in [-0.4, -0.2) is 36.9 Å². The molecule has 6 heteroatoms. The number of urea groups is 1. The summed E-state index contributed by atoms with van der Waals surface area (Å²) in [6, 6.07) is 14.1. The Bertz CT molecular complexity index is 784. The Morgan fingerprint density at radius 3 is 2.42 bits per heavy atom. The predicted molar refractivity (Wildman–Crippen MR) is 102 cm³/mol. The molecule has 2 aromatic rings. The number of hydrogen-bond acceptors (Lipinski definition) is 3. The number of halogens is 1. The van der Waals surface area contributed by atoms with E-state index in [-0.39, 0.29) is 17.7 Å². The molecule has 2 amide bonds. The Balaban J connectivity index is 1.54. The first kappa shape index (κ1) is 18.3. The van der Waals surface area contributed by atoms with Gasteiger partial charge in [0.15, 0.2) is 5.78 Å². The summed E-state index contributed by atoms with van der Waals surface area (Å²) in [5.74, 6) is 0.801. The number of ether oxygens (including phenoxy) is 1. The molecule has 0 spiro atoms. The molecule has 0 unspecified atom stereocenters. The van der Waals surface area contributed by atoms with Gasteiger partial charge in [0.1, 0.15) is 5.75 Å². The van der Waals surface area contributed by atoms with Crippen LogP contribution in [0.25, 0.3) is 0 Å². The van der Waals surface area contributed by atoms with E-state index in [1.54, 1.807) is 60.5 Å². The highest BCUT2D eigenvalue weighted by molar-refractivity contribution is 6.30. The summed E-state index contributed by atoms with van der Waals surface area (Å²) in [6.45, 7) is 1.11. The van der Waals surface area contributed by atoms with Crippen molar-refractivity contribution in [3.8, 4) is 5.75 Å². The van der Waals surface area contributed by atoms with E-state index in [1.807, 2.05) is 0 Å². The smallest absolute Gasteiger partial charge is 0.321 e. The quantitative estimate of drug-likeness (QED) is 0.805. The zero-order valence-corrected chi connectivity index (χ0v) is 15.3. The molecule has 1 aliphatic heterocycles. The van der Waals surface area contributed by atoms with E-state index in [9.17, 15) is 9.59 Å². The second kappa shape index (κ2) is 8.23. The number of benzene rings is 2. The molecule has 0 radical (unpaired) electrons. The fraction of sp³-hybridized carbons (Fsp3) is 0.300. The minimum Gasteiger partial charge on any atom is -0.497 e. The van der Waals surface area contributed by atoms with Crippen molar-refractivity contribution >= 4 is 29.1 Å². The van der Waals surface area contributed by atoms with Gasteiger partial charge in [-0.1, -0.05) is 17.7 Å². The molecule has 0 aliphatic carbocycles. The number of carbonyl (C=O) groups is 2.